The monoisotopic (exact) mass is 455 g/mol. The summed E-state index contributed by atoms with van der Waals surface area (Å²) >= 11 is 0. The molecule has 2 amide bonds. The van der Waals surface area contributed by atoms with E-state index in [9.17, 15) is 4.79 Å². The van der Waals surface area contributed by atoms with Crippen molar-refractivity contribution in [3.8, 4) is 5.75 Å². The molecule has 2 aromatic heterocycles. The van der Waals surface area contributed by atoms with E-state index in [4.69, 9.17) is 26.4 Å². The summed E-state index contributed by atoms with van der Waals surface area (Å²) in [6.45, 7) is 7.56. The van der Waals surface area contributed by atoms with Crippen LogP contribution in [0.5, 0.6) is 5.75 Å². The summed E-state index contributed by atoms with van der Waals surface area (Å²) in [5, 5.41) is 7.85. The van der Waals surface area contributed by atoms with Gasteiger partial charge in [0.25, 0.3) is 6.02 Å². The maximum Gasteiger partial charge on any atom is 0.348 e. The van der Waals surface area contributed by atoms with E-state index in [1.54, 1.807) is 29.4 Å². The van der Waals surface area contributed by atoms with Gasteiger partial charge >= 0.3 is 6.03 Å². The van der Waals surface area contributed by atoms with Gasteiger partial charge in [-0.15, -0.1) is 4.99 Å². The Morgan fingerprint density at radius 2 is 1.91 bits per heavy atom. The number of nitrogens with two attached hydrogens (primary N) is 2. The molecule has 3 rings (SSSR count). The van der Waals surface area contributed by atoms with Gasteiger partial charge in [-0.05, 0) is 18.2 Å². The fraction of sp³-hybridized carbons (Fsp3) is 0.429. The highest BCUT2D eigenvalue weighted by atomic mass is 16.5. The van der Waals surface area contributed by atoms with Gasteiger partial charge in [-0.1, -0.05) is 20.8 Å². The molecule has 33 heavy (non-hydrogen) atoms. The van der Waals surface area contributed by atoms with E-state index in [1.165, 1.54) is 0 Å². The van der Waals surface area contributed by atoms with Crippen LogP contribution in [0.4, 0.5) is 16.6 Å². The molecular weight excluding hydrogens is 426 g/mol. The zero-order valence-corrected chi connectivity index (χ0v) is 19.0. The van der Waals surface area contributed by atoms with E-state index in [0.717, 1.165) is 0 Å². The molecule has 0 spiro atoms. The van der Waals surface area contributed by atoms with Gasteiger partial charge in [0.05, 0.1) is 5.69 Å². The number of amides is 2. The molecule has 12 heteroatoms. The second-order valence-corrected chi connectivity index (χ2v) is 8.41. The lowest BCUT2D eigenvalue weighted by molar-refractivity contribution is 0.203. The molecule has 176 valence electrons. The number of rotatable bonds is 4. The third-order valence-corrected chi connectivity index (χ3v) is 4.80. The fourth-order valence-corrected chi connectivity index (χ4v) is 2.93. The fourth-order valence-electron chi connectivity index (χ4n) is 2.93. The Kier molecular flexibility index (Phi) is 7.26. The number of hydrogen-bond donors (Lipinski definition) is 3. The van der Waals surface area contributed by atoms with Crippen LogP contribution >= 0.6 is 0 Å². The van der Waals surface area contributed by atoms with E-state index < -0.39 is 11.4 Å². The Labute approximate surface area is 192 Å². The van der Waals surface area contributed by atoms with Gasteiger partial charge in [0, 0.05) is 44.0 Å². The topological polar surface area (TPSA) is 169 Å². The zero-order chi connectivity index (χ0) is 24.0. The molecule has 1 aliphatic heterocycles. The Morgan fingerprint density at radius 1 is 1.18 bits per heavy atom. The number of anilines is 2. The van der Waals surface area contributed by atoms with Crippen molar-refractivity contribution < 1.29 is 14.3 Å². The molecule has 0 saturated carbocycles. The minimum atomic E-state index is -0.530. The SMILES string of the molecule is CC(C)(C)C(=N)OC(N)=NC(=O)N1CCN(c2ncccc2OCc2ccnc(N)n2)CC1. The van der Waals surface area contributed by atoms with Crippen LogP contribution in [0.3, 0.4) is 0 Å². The molecule has 0 atom stereocenters. The number of nitrogen functional groups attached to an aromatic ring is 1. The first-order valence-electron chi connectivity index (χ1n) is 10.4. The summed E-state index contributed by atoms with van der Waals surface area (Å²) in [5.41, 5.74) is 11.4. The molecule has 0 radical (unpaired) electrons. The van der Waals surface area contributed by atoms with Crippen LogP contribution in [0.1, 0.15) is 26.5 Å². The van der Waals surface area contributed by atoms with Gasteiger partial charge in [-0.25, -0.2) is 19.7 Å². The Bertz CT molecular complexity index is 1030. The summed E-state index contributed by atoms with van der Waals surface area (Å²) in [6, 6.07) is 4.51. The molecule has 5 N–H and O–H groups in total. The number of amidine groups is 1. The van der Waals surface area contributed by atoms with Crippen molar-refractivity contribution in [1.29, 1.82) is 5.41 Å². The standard InChI is InChI=1S/C21H29N9O3/c1-21(2,3)17(22)33-19(24)28-20(31)30-11-9-29(10-12-30)16-15(5-4-7-25-16)32-13-14-6-8-26-18(23)27-14/h4-8,22H,9-13H2,1-3H3,(H2,23,26,27)(H2,24,28,31). The predicted octanol–water partition coefficient (Wildman–Crippen LogP) is 1.63. The molecular formula is C21H29N9O3. The Balaban J connectivity index is 1.58. The third kappa shape index (κ3) is 6.51. The van der Waals surface area contributed by atoms with E-state index in [1.807, 2.05) is 31.7 Å². The van der Waals surface area contributed by atoms with Gasteiger partial charge in [-0.2, -0.15) is 0 Å². The zero-order valence-electron chi connectivity index (χ0n) is 19.0. The van der Waals surface area contributed by atoms with Crippen LogP contribution in [0.2, 0.25) is 0 Å². The van der Waals surface area contributed by atoms with Crippen molar-refractivity contribution in [3.05, 3.63) is 36.3 Å². The number of aromatic nitrogens is 3. The van der Waals surface area contributed by atoms with Crippen molar-refractivity contribution in [3.63, 3.8) is 0 Å². The normalized spacial score (nSPS) is 14.7. The molecule has 0 bridgehead atoms. The lowest BCUT2D eigenvalue weighted by Crippen LogP contribution is -2.48. The smallest absolute Gasteiger partial charge is 0.348 e. The maximum absolute atomic E-state index is 12.5. The first kappa shape index (κ1) is 23.7. The summed E-state index contributed by atoms with van der Waals surface area (Å²) in [6.07, 6.45) is 3.27. The van der Waals surface area contributed by atoms with E-state index >= 15 is 0 Å². The number of nitrogens with zero attached hydrogens (tertiary/aromatic N) is 6. The second kappa shape index (κ2) is 10.1. The highest BCUT2D eigenvalue weighted by Crippen LogP contribution is 2.27. The number of piperazine rings is 1. The largest absolute Gasteiger partial charge is 0.483 e. The average molecular weight is 456 g/mol. The van der Waals surface area contributed by atoms with Crippen molar-refractivity contribution in [2.45, 2.75) is 27.4 Å². The minimum absolute atomic E-state index is 0.0614. The molecule has 0 unspecified atom stereocenters. The number of ether oxygens (including phenoxy) is 2. The highest BCUT2D eigenvalue weighted by Gasteiger charge is 2.25. The summed E-state index contributed by atoms with van der Waals surface area (Å²) in [5.74, 6) is 1.41. The van der Waals surface area contributed by atoms with Crippen LogP contribution in [0.15, 0.2) is 35.6 Å². The number of carbonyl (C=O) groups is 1. The molecule has 1 fully saturated rings. The Morgan fingerprint density at radius 3 is 2.58 bits per heavy atom. The highest BCUT2D eigenvalue weighted by molar-refractivity contribution is 5.96. The second-order valence-electron chi connectivity index (χ2n) is 8.41. The lowest BCUT2D eigenvalue weighted by atomic mass is 9.97. The molecule has 2 aromatic rings. The molecule has 0 aromatic carbocycles. The average Bonchev–Trinajstić information content (AvgIpc) is 2.77. The lowest BCUT2D eigenvalue weighted by Gasteiger charge is -2.35. The number of nitrogens with one attached hydrogen (secondary N) is 1. The van der Waals surface area contributed by atoms with Crippen LogP contribution < -0.4 is 21.1 Å². The first-order chi connectivity index (χ1) is 15.6. The van der Waals surface area contributed by atoms with Crippen LogP contribution in [-0.2, 0) is 11.3 Å². The molecule has 3 heterocycles. The maximum atomic E-state index is 12.5. The molecule has 1 aliphatic rings. The molecule has 12 nitrogen and oxygen atoms in total. The number of hydrogen-bond acceptors (Lipinski definition) is 9. The van der Waals surface area contributed by atoms with Crippen molar-refractivity contribution in [2.75, 3.05) is 36.8 Å². The minimum Gasteiger partial charge on any atom is -0.483 e. The van der Waals surface area contributed by atoms with Gasteiger partial charge < -0.3 is 30.7 Å². The van der Waals surface area contributed by atoms with Crippen molar-refractivity contribution >= 4 is 29.7 Å². The first-order valence-corrected chi connectivity index (χ1v) is 10.4. The number of aliphatic imine (C=N–C) groups is 1. The van der Waals surface area contributed by atoms with E-state index in [2.05, 4.69) is 19.9 Å². The Hall–Kier alpha value is -3.96. The van der Waals surface area contributed by atoms with Gasteiger partial charge in [0.2, 0.25) is 5.95 Å². The summed E-state index contributed by atoms with van der Waals surface area (Å²) in [7, 11) is 0. The van der Waals surface area contributed by atoms with Crippen LogP contribution in [0, 0.1) is 10.8 Å². The van der Waals surface area contributed by atoms with Gasteiger partial charge in [0.15, 0.2) is 17.5 Å². The molecule has 0 aliphatic carbocycles. The van der Waals surface area contributed by atoms with Crippen LogP contribution in [-0.4, -0.2) is 64.0 Å². The van der Waals surface area contributed by atoms with Crippen LogP contribution in [0.25, 0.3) is 0 Å². The summed E-state index contributed by atoms with van der Waals surface area (Å²) < 4.78 is 11.1. The van der Waals surface area contributed by atoms with Crippen molar-refractivity contribution in [2.24, 2.45) is 16.1 Å². The van der Waals surface area contributed by atoms with E-state index in [-0.39, 0.29) is 24.5 Å². The third-order valence-electron chi connectivity index (χ3n) is 4.80. The van der Waals surface area contributed by atoms with Gasteiger partial charge in [0.1, 0.15) is 6.61 Å². The quantitative estimate of drug-likeness (QED) is 0.458. The van der Waals surface area contributed by atoms with E-state index in [0.29, 0.717) is 43.4 Å². The number of urea groups is 1. The van der Waals surface area contributed by atoms with Gasteiger partial charge in [-0.3, -0.25) is 5.41 Å². The number of pyridine rings is 1. The summed E-state index contributed by atoms with van der Waals surface area (Å²) in [4.78, 5) is 32.3. The number of carbonyl (C=O) groups excluding carboxylic acids is 1. The molecule has 1 saturated heterocycles. The predicted molar refractivity (Wildman–Crippen MR) is 124 cm³/mol. The van der Waals surface area contributed by atoms with Crippen molar-refractivity contribution in [1.82, 2.24) is 19.9 Å².